The standard InChI is InChI=1S/C21H16N2O4/c1-26-18-10-6-7-14-13-15(21(25)27-19(14)18)20(24)22-16-8-2-3-9-17(16)23-11-4-5-12-23/h2-13H,1H3,(H,22,24). The van der Waals surface area contributed by atoms with Gasteiger partial charge in [0.25, 0.3) is 5.91 Å². The first-order chi connectivity index (χ1) is 13.2. The van der Waals surface area contributed by atoms with Crippen LogP contribution >= 0.6 is 0 Å². The fourth-order valence-electron chi connectivity index (χ4n) is 2.93. The predicted octanol–water partition coefficient (Wildman–Crippen LogP) is 3.84. The molecule has 6 nitrogen and oxygen atoms in total. The second kappa shape index (κ2) is 6.84. The van der Waals surface area contributed by atoms with Crippen LogP contribution in [0.4, 0.5) is 5.69 Å². The first-order valence-electron chi connectivity index (χ1n) is 8.32. The van der Waals surface area contributed by atoms with E-state index in [1.54, 1.807) is 24.3 Å². The summed E-state index contributed by atoms with van der Waals surface area (Å²) in [7, 11) is 1.49. The molecule has 0 spiro atoms. The van der Waals surface area contributed by atoms with Gasteiger partial charge in [-0.3, -0.25) is 4.79 Å². The largest absolute Gasteiger partial charge is 0.493 e. The lowest BCUT2D eigenvalue weighted by molar-refractivity contribution is 0.102. The van der Waals surface area contributed by atoms with Crippen molar-refractivity contribution in [1.29, 1.82) is 0 Å². The fraction of sp³-hybridized carbons (Fsp3) is 0.0476. The molecule has 4 aromatic rings. The third-order valence-corrected chi connectivity index (χ3v) is 4.22. The summed E-state index contributed by atoms with van der Waals surface area (Å²) in [6.07, 6.45) is 3.75. The number of benzene rings is 2. The Morgan fingerprint density at radius 1 is 1.04 bits per heavy atom. The fourth-order valence-corrected chi connectivity index (χ4v) is 2.93. The van der Waals surface area contributed by atoms with Crippen LogP contribution in [0.15, 0.2) is 82.3 Å². The number of para-hydroxylation sites is 3. The number of ether oxygens (including phenoxy) is 1. The van der Waals surface area contributed by atoms with Crippen molar-refractivity contribution in [2.75, 3.05) is 12.4 Å². The zero-order chi connectivity index (χ0) is 18.8. The smallest absolute Gasteiger partial charge is 0.349 e. The molecule has 0 saturated heterocycles. The first-order valence-corrected chi connectivity index (χ1v) is 8.32. The van der Waals surface area contributed by atoms with Gasteiger partial charge in [0.2, 0.25) is 0 Å². The highest BCUT2D eigenvalue weighted by atomic mass is 16.5. The Balaban J connectivity index is 1.73. The van der Waals surface area contributed by atoms with Crippen molar-refractivity contribution in [3.8, 4) is 11.4 Å². The molecule has 0 unspecified atom stereocenters. The minimum absolute atomic E-state index is 0.0712. The summed E-state index contributed by atoms with van der Waals surface area (Å²) in [5.41, 5.74) is 0.904. The van der Waals surface area contributed by atoms with Crippen molar-refractivity contribution in [3.63, 3.8) is 0 Å². The van der Waals surface area contributed by atoms with Gasteiger partial charge in [-0.1, -0.05) is 24.3 Å². The Morgan fingerprint density at radius 2 is 1.81 bits per heavy atom. The van der Waals surface area contributed by atoms with Crippen LogP contribution in [0.25, 0.3) is 16.7 Å². The van der Waals surface area contributed by atoms with E-state index in [1.807, 2.05) is 47.3 Å². The number of amides is 1. The summed E-state index contributed by atoms with van der Waals surface area (Å²) in [5.74, 6) is -0.0948. The number of hydrogen-bond acceptors (Lipinski definition) is 4. The van der Waals surface area contributed by atoms with Crippen molar-refractivity contribution in [1.82, 2.24) is 4.57 Å². The molecule has 1 amide bonds. The molecular formula is C21H16N2O4. The summed E-state index contributed by atoms with van der Waals surface area (Å²) in [6.45, 7) is 0. The maximum Gasteiger partial charge on any atom is 0.349 e. The summed E-state index contributed by atoms with van der Waals surface area (Å²) in [4.78, 5) is 25.1. The quantitative estimate of drug-likeness (QED) is 0.561. The van der Waals surface area contributed by atoms with E-state index >= 15 is 0 Å². The summed E-state index contributed by atoms with van der Waals surface area (Å²) in [5, 5.41) is 3.41. The molecule has 27 heavy (non-hydrogen) atoms. The Bertz CT molecular complexity index is 1180. The molecule has 134 valence electrons. The van der Waals surface area contributed by atoms with Gasteiger partial charge in [-0.25, -0.2) is 4.79 Å². The molecule has 0 aliphatic rings. The number of nitrogens with zero attached hydrogens (tertiary/aromatic N) is 1. The van der Waals surface area contributed by atoms with Gasteiger partial charge in [0, 0.05) is 17.8 Å². The molecule has 0 saturated carbocycles. The number of fused-ring (bicyclic) bond motifs is 1. The summed E-state index contributed by atoms with van der Waals surface area (Å²) >= 11 is 0. The maximum absolute atomic E-state index is 12.7. The molecule has 0 radical (unpaired) electrons. The summed E-state index contributed by atoms with van der Waals surface area (Å²) < 4.78 is 12.4. The van der Waals surface area contributed by atoms with E-state index in [2.05, 4.69) is 5.32 Å². The molecule has 0 aliphatic heterocycles. The van der Waals surface area contributed by atoms with Crippen molar-refractivity contribution in [2.24, 2.45) is 0 Å². The topological polar surface area (TPSA) is 73.5 Å². The average molecular weight is 360 g/mol. The lowest BCUT2D eigenvalue weighted by Gasteiger charge is -2.12. The van der Waals surface area contributed by atoms with Crippen molar-refractivity contribution < 1.29 is 13.9 Å². The van der Waals surface area contributed by atoms with E-state index in [0.717, 1.165) is 5.69 Å². The lowest BCUT2D eigenvalue weighted by atomic mass is 10.1. The molecule has 0 aliphatic carbocycles. The minimum Gasteiger partial charge on any atom is -0.493 e. The van der Waals surface area contributed by atoms with Crippen LogP contribution in [0.3, 0.4) is 0 Å². The van der Waals surface area contributed by atoms with Gasteiger partial charge in [-0.2, -0.15) is 0 Å². The normalized spacial score (nSPS) is 10.7. The Kier molecular flexibility index (Phi) is 4.22. The van der Waals surface area contributed by atoms with Gasteiger partial charge in [-0.15, -0.1) is 0 Å². The van der Waals surface area contributed by atoms with Crippen LogP contribution in [-0.2, 0) is 0 Å². The van der Waals surface area contributed by atoms with Crippen LogP contribution < -0.4 is 15.7 Å². The first kappa shape index (κ1) is 16.7. The number of methoxy groups -OCH3 is 1. The zero-order valence-electron chi connectivity index (χ0n) is 14.5. The van der Waals surface area contributed by atoms with Gasteiger partial charge in [-0.05, 0) is 36.4 Å². The number of anilines is 1. The van der Waals surface area contributed by atoms with Gasteiger partial charge in [0.1, 0.15) is 5.56 Å². The molecule has 0 fully saturated rings. The molecule has 4 rings (SSSR count). The van der Waals surface area contributed by atoms with E-state index in [4.69, 9.17) is 9.15 Å². The zero-order valence-corrected chi connectivity index (χ0v) is 14.5. The Labute approximate surface area is 154 Å². The average Bonchev–Trinajstić information content (AvgIpc) is 3.22. The molecule has 0 atom stereocenters. The van der Waals surface area contributed by atoms with Crippen LogP contribution in [0.1, 0.15) is 10.4 Å². The van der Waals surface area contributed by atoms with Gasteiger partial charge in [0.05, 0.1) is 18.5 Å². The highest BCUT2D eigenvalue weighted by Crippen LogP contribution is 2.25. The monoisotopic (exact) mass is 360 g/mol. The molecule has 1 N–H and O–H groups in total. The highest BCUT2D eigenvalue weighted by Gasteiger charge is 2.17. The molecule has 2 heterocycles. The number of carbonyl (C=O) groups is 1. The Morgan fingerprint density at radius 3 is 2.59 bits per heavy atom. The van der Waals surface area contributed by atoms with Gasteiger partial charge < -0.3 is 19.0 Å². The van der Waals surface area contributed by atoms with E-state index < -0.39 is 11.5 Å². The third-order valence-electron chi connectivity index (χ3n) is 4.22. The van der Waals surface area contributed by atoms with Crippen molar-refractivity contribution in [3.05, 3.63) is 89.0 Å². The van der Waals surface area contributed by atoms with Crippen LogP contribution in [-0.4, -0.2) is 17.6 Å². The van der Waals surface area contributed by atoms with Crippen LogP contribution in [0.5, 0.6) is 5.75 Å². The van der Waals surface area contributed by atoms with Gasteiger partial charge >= 0.3 is 5.63 Å². The van der Waals surface area contributed by atoms with E-state index in [1.165, 1.54) is 13.2 Å². The molecule has 0 bridgehead atoms. The summed E-state index contributed by atoms with van der Waals surface area (Å²) in [6, 6.07) is 17.9. The van der Waals surface area contributed by atoms with E-state index in [9.17, 15) is 9.59 Å². The number of aromatic nitrogens is 1. The lowest BCUT2D eigenvalue weighted by Crippen LogP contribution is -2.21. The second-order valence-electron chi connectivity index (χ2n) is 5.89. The molecule has 2 aromatic carbocycles. The molecule has 2 aromatic heterocycles. The van der Waals surface area contributed by atoms with Gasteiger partial charge in [0.15, 0.2) is 11.3 Å². The second-order valence-corrected chi connectivity index (χ2v) is 5.89. The number of carbonyl (C=O) groups excluding carboxylic acids is 1. The third kappa shape index (κ3) is 3.08. The SMILES string of the molecule is COc1cccc2cc(C(=O)Nc3ccccc3-n3cccc3)c(=O)oc12. The van der Waals surface area contributed by atoms with Crippen molar-refractivity contribution in [2.45, 2.75) is 0 Å². The van der Waals surface area contributed by atoms with Crippen LogP contribution in [0, 0.1) is 0 Å². The van der Waals surface area contributed by atoms with E-state index in [0.29, 0.717) is 22.4 Å². The molecule has 6 heteroatoms. The van der Waals surface area contributed by atoms with Crippen LogP contribution in [0.2, 0.25) is 0 Å². The highest BCUT2D eigenvalue weighted by molar-refractivity contribution is 6.06. The number of nitrogens with one attached hydrogen (secondary N) is 1. The maximum atomic E-state index is 12.7. The number of hydrogen-bond donors (Lipinski definition) is 1. The Hall–Kier alpha value is -3.80. The minimum atomic E-state index is -0.719. The predicted molar refractivity (Wildman–Crippen MR) is 103 cm³/mol. The molecular weight excluding hydrogens is 344 g/mol. The van der Waals surface area contributed by atoms with E-state index in [-0.39, 0.29) is 5.56 Å². The van der Waals surface area contributed by atoms with Crippen molar-refractivity contribution >= 4 is 22.6 Å². The number of rotatable bonds is 4.